The third-order valence-corrected chi connectivity index (χ3v) is 1.97. The van der Waals surface area contributed by atoms with Gasteiger partial charge in [0.1, 0.15) is 9.76 Å². The minimum absolute atomic E-state index is 0.300. The van der Waals surface area contributed by atoms with Gasteiger partial charge in [0.2, 0.25) is 0 Å². The molecule has 0 bridgehead atoms. The lowest BCUT2D eigenvalue weighted by Gasteiger charge is -2.00. The van der Waals surface area contributed by atoms with E-state index < -0.39 is 7.12 Å². The Balaban J connectivity index is 3.09. The first-order valence-corrected chi connectivity index (χ1v) is 3.96. The van der Waals surface area contributed by atoms with Crippen LogP contribution in [-0.4, -0.2) is 22.2 Å². The Hall–Kier alpha value is -0.0951. The first-order chi connectivity index (χ1) is 5.11. The summed E-state index contributed by atoms with van der Waals surface area (Å²) in [6.07, 6.45) is 0. The van der Waals surface area contributed by atoms with E-state index in [1.165, 1.54) is 12.1 Å². The van der Waals surface area contributed by atoms with Gasteiger partial charge in [0.25, 0.3) is 0 Å². The van der Waals surface area contributed by atoms with Crippen molar-refractivity contribution >= 4 is 40.1 Å². The zero-order chi connectivity index (χ0) is 8.43. The lowest BCUT2D eigenvalue weighted by Crippen LogP contribution is -2.31. The molecule has 58 valence electrons. The lowest BCUT2D eigenvalue weighted by molar-refractivity contribution is 0.425. The van der Waals surface area contributed by atoms with Crippen molar-refractivity contribution < 1.29 is 10.0 Å². The predicted octanol–water partition coefficient (Wildman–Crippen LogP) is 0.177. The third-order valence-electron chi connectivity index (χ3n) is 1.12. The molecular weight excluding hydrogens is 232 g/mol. The molecule has 0 amide bonds. The highest BCUT2D eigenvalue weighted by Gasteiger charge is 2.15. The quantitative estimate of drug-likeness (QED) is 0.540. The molecule has 11 heavy (non-hydrogen) atoms. The summed E-state index contributed by atoms with van der Waals surface area (Å²) in [6.45, 7) is 0. The maximum absolute atomic E-state index is 8.74. The number of aromatic nitrogens is 1. The second kappa shape index (κ2) is 3.54. The standard InChI is InChI=1S/C5H4BBrClNO2/c7-5-3(6(10)11)1-2-4(8)9-5/h1-2,10-11H. The van der Waals surface area contributed by atoms with E-state index in [9.17, 15) is 0 Å². The van der Waals surface area contributed by atoms with Gasteiger partial charge in [-0.2, -0.15) is 0 Å². The molecule has 1 heterocycles. The number of pyridine rings is 1. The number of rotatable bonds is 1. The van der Waals surface area contributed by atoms with Gasteiger partial charge in [-0.15, -0.1) is 0 Å². The highest BCUT2D eigenvalue weighted by molar-refractivity contribution is 9.10. The van der Waals surface area contributed by atoms with Crippen LogP contribution in [0, 0.1) is 0 Å². The van der Waals surface area contributed by atoms with Gasteiger partial charge in [0.05, 0.1) is 0 Å². The van der Waals surface area contributed by atoms with Crippen LogP contribution >= 0.6 is 27.5 Å². The van der Waals surface area contributed by atoms with Crippen molar-refractivity contribution in [1.29, 1.82) is 0 Å². The Morgan fingerprint density at radius 3 is 2.55 bits per heavy atom. The van der Waals surface area contributed by atoms with E-state index >= 15 is 0 Å². The number of nitrogens with zero attached hydrogens (tertiary/aromatic N) is 1. The number of hydrogen-bond acceptors (Lipinski definition) is 3. The van der Waals surface area contributed by atoms with Crippen molar-refractivity contribution in [1.82, 2.24) is 4.98 Å². The van der Waals surface area contributed by atoms with Crippen molar-refractivity contribution in [3.63, 3.8) is 0 Å². The Morgan fingerprint density at radius 1 is 1.45 bits per heavy atom. The molecule has 1 aromatic rings. The van der Waals surface area contributed by atoms with Crippen LogP contribution in [0.25, 0.3) is 0 Å². The summed E-state index contributed by atoms with van der Waals surface area (Å²) in [5, 5.41) is 17.8. The molecule has 1 aromatic heterocycles. The molecule has 0 aromatic carbocycles. The molecule has 0 atom stereocenters. The number of hydrogen-bond donors (Lipinski definition) is 2. The predicted molar refractivity (Wildman–Crippen MR) is 46.8 cm³/mol. The molecule has 0 radical (unpaired) electrons. The average molecular weight is 236 g/mol. The van der Waals surface area contributed by atoms with Gasteiger partial charge in [-0.05, 0) is 22.0 Å². The van der Waals surface area contributed by atoms with Crippen molar-refractivity contribution in [2.75, 3.05) is 0 Å². The normalized spacial score (nSPS) is 9.82. The molecule has 0 saturated heterocycles. The molecule has 2 N–H and O–H groups in total. The Bertz CT molecular complexity index is 271. The van der Waals surface area contributed by atoms with Crippen LogP contribution in [0.15, 0.2) is 16.7 Å². The van der Waals surface area contributed by atoms with E-state index in [4.69, 9.17) is 21.6 Å². The maximum atomic E-state index is 8.74. The van der Waals surface area contributed by atoms with Crippen LogP contribution in [0.5, 0.6) is 0 Å². The highest BCUT2D eigenvalue weighted by Crippen LogP contribution is 2.08. The van der Waals surface area contributed by atoms with Crippen LogP contribution in [-0.2, 0) is 0 Å². The molecule has 1 rings (SSSR count). The fourth-order valence-corrected chi connectivity index (χ4v) is 1.39. The van der Waals surface area contributed by atoms with E-state index in [2.05, 4.69) is 20.9 Å². The van der Waals surface area contributed by atoms with E-state index in [-0.39, 0.29) is 0 Å². The van der Waals surface area contributed by atoms with E-state index in [0.29, 0.717) is 15.2 Å². The van der Waals surface area contributed by atoms with E-state index in [1.807, 2.05) is 0 Å². The minimum atomic E-state index is -1.52. The van der Waals surface area contributed by atoms with Crippen molar-refractivity contribution in [3.8, 4) is 0 Å². The zero-order valence-electron chi connectivity index (χ0n) is 5.33. The molecule has 0 aliphatic rings. The van der Waals surface area contributed by atoms with Crippen LogP contribution in [0.2, 0.25) is 5.15 Å². The monoisotopic (exact) mass is 235 g/mol. The Kier molecular flexibility index (Phi) is 2.89. The molecule has 0 aliphatic heterocycles. The lowest BCUT2D eigenvalue weighted by atomic mass is 9.82. The topological polar surface area (TPSA) is 53.4 Å². The highest BCUT2D eigenvalue weighted by atomic mass is 79.9. The van der Waals surface area contributed by atoms with Gasteiger partial charge in [-0.3, -0.25) is 0 Å². The number of halogens is 2. The SMILES string of the molecule is OB(O)c1ccc(Cl)nc1Br. The second-order valence-electron chi connectivity index (χ2n) is 1.89. The van der Waals surface area contributed by atoms with Gasteiger partial charge < -0.3 is 10.0 Å². The summed E-state index contributed by atoms with van der Waals surface area (Å²) in [5.41, 5.74) is 0.300. The first kappa shape index (κ1) is 9.00. The summed E-state index contributed by atoms with van der Waals surface area (Å²) in [5.74, 6) is 0. The van der Waals surface area contributed by atoms with Gasteiger partial charge in [-0.1, -0.05) is 17.7 Å². The van der Waals surface area contributed by atoms with E-state index in [0.717, 1.165) is 0 Å². The van der Waals surface area contributed by atoms with E-state index in [1.54, 1.807) is 0 Å². The fourth-order valence-electron chi connectivity index (χ4n) is 0.615. The van der Waals surface area contributed by atoms with Gasteiger partial charge in [-0.25, -0.2) is 4.98 Å². The van der Waals surface area contributed by atoms with Crippen LogP contribution in [0.1, 0.15) is 0 Å². The van der Waals surface area contributed by atoms with Crippen LogP contribution in [0.3, 0.4) is 0 Å². The molecule has 0 unspecified atom stereocenters. The average Bonchev–Trinajstić information content (AvgIpc) is 1.85. The molecule has 0 aliphatic carbocycles. The minimum Gasteiger partial charge on any atom is -0.423 e. The smallest absolute Gasteiger partial charge is 0.423 e. The van der Waals surface area contributed by atoms with Gasteiger partial charge >= 0.3 is 7.12 Å². The molecule has 3 nitrogen and oxygen atoms in total. The third kappa shape index (κ3) is 2.17. The fraction of sp³-hybridized carbons (Fsp3) is 0. The summed E-state index contributed by atoms with van der Waals surface area (Å²) in [4.78, 5) is 3.76. The summed E-state index contributed by atoms with van der Waals surface area (Å²) in [6, 6.07) is 2.98. The first-order valence-electron chi connectivity index (χ1n) is 2.79. The Morgan fingerprint density at radius 2 is 2.09 bits per heavy atom. The summed E-state index contributed by atoms with van der Waals surface area (Å²) < 4.78 is 0.347. The van der Waals surface area contributed by atoms with Gasteiger partial charge in [0.15, 0.2) is 0 Å². The molecular formula is C5H4BBrClNO2. The molecule has 0 spiro atoms. The van der Waals surface area contributed by atoms with Crippen molar-refractivity contribution in [2.45, 2.75) is 0 Å². The van der Waals surface area contributed by atoms with Crippen molar-refractivity contribution in [3.05, 3.63) is 21.9 Å². The second-order valence-corrected chi connectivity index (χ2v) is 3.03. The maximum Gasteiger partial charge on any atom is 0.491 e. The van der Waals surface area contributed by atoms with Gasteiger partial charge in [0, 0.05) is 5.46 Å². The largest absolute Gasteiger partial charge is 0.491 e. The van der Waals surface area contributed by atoms with Crippen LogP contribution in [0.4, 0.5) is 0 Å². The zero-order valence-corrected chi connectivity index (χ0v) is 7.67. The molecule has 0 fully saturated rings. The summed E-state index contributed by atoms with van der Waals surface area (Å²) >= 11 is 8.55. The Labute approximate surface area is 77.3 Å². The molecule has 0 saturated carbocycles. The summed E-state index contributed by atoms with van der Waals surface area (Å²) in [7, 11) is -1.52. The van der Waals surface area contributed by atoms with Crippen molar-refractivity contribution in [2.24, 2.45) is 0 Å². The molecule has 6 heteroatoms. The van der Waals surface area contributed by atoms with Crippen LogP contribution < -0.4 is 5.46 Å².